The molecule has 3 aromatic rings. The van der Waals surface area contributed by atoms with Crippen LogP contribution in [0.25, 0.3) is 5.69 Å². The van der Waals surface area contributed by atoms with Crippen molar-refractivity contribution in [1.29, 1.82) is 5.26 Å². The minimum absolute atomic E-state index is 0.0570. The summed E-state index contributed by atoms with van der Waals surface area (Å²) < 4.78 is 7.40. The van der Waals surface area contributed by atoms with Gasteiger partial charge in [0, 0.05) is 16.2 Å². The summed E-state index contributed by atoms with van der Waals surface area (Å²) in [5, 5.41) is 19.4. The van der Waals surface area contributed by atoms with Crippen LogP contribution in [0.15, 0.2) is 64.0 Å². The highest BCUT2D eigenvalue weighted by atomic mass is 79.9. The third kappa shape index (κ3) is 3.68. The van der Waals surface area contributed by atoms with Gasteiger partial charge in [0.05, 0.1) is 17.9 Å². The monoisotopic (exact) mass is 438 g/mol. The average Bonchev–Trinajstić information content (AvgIpc) is 2.70. The van der Waals surface area contributed by atoms with Gasteiger partial charge in [0.1, 0.15) is 23.1 Å². The Hall–Kier alpha value is -3.37. The van der Waals surface area contributed by atoms with E-state index in [0.717, 1.165) is 0 Å². The van der Waals surface area contributed by atoms with Crippen LogP contribution in [0.1, 0.15) is 28.4 Å². The Morgan fingerprint density at radius 3 is 2.71 bits per heavy atom. The Labute approximate surface area is 169 Å². The molecule has 1 N–H and O–H groups in total. The molecule has 0 bridgehead atoms. The molecular weight excluding hydrogens is 424 g/mol. The minimum Gasteiger partial charge on any atom is -0.507 e. The largest absolute Gasteiger partial charge is 0.507 e. The van der Waals surface area contributed by atoms with Gasteiger partial charge in [-0.2, -0.15) is 5.26 Å². The van der Waals surface area contributed by atoms with E-state index in [0.29, 0.717) is 22.5 Å². The first-order chi connectivity index (χ1) is 13.5. The second-order valence-electron chi connectivity index (χ2n) is 5.82. The predicted octanol–water partition coefficient (Wildman–Crippen LogP) is 3.81. The summed E-state index contributed by atoms with van der Waals surface area (Å²) in [6.07, 6.45) is 1.35. The van der Waals surface area contributed by atoms with E-state index < -0.39 is 11.3 Å². The van der Waals surface area contributed by atoms with Crippen molar-refractivity contribution in [3.8, 4) is 23.3 Å². The van der Waals surface area contributed by atoms with Crippen LogP contribution in [0.4, 0.5) is 0 Å². The number of hydrogen-bond donors (Lipinski definition) is 1. The van der Waals surface area contributed by atoms with Gasteiger partial charge in [0.15, 0.2) is 5.78 Å². The first kappa shape index (κ1) is 19.4. The molecule has 1 aromatic heterocycles. The van der Waals surface area contributed by atoms with Crippen molar-refractivity contribution in [2.24, 2.45) is 0 Å². The van der Waals surface area contributed by atoms with E-state index in [9.17, 15) is 20.0 Å². The van der Waals surface area contributed by atoms with E-state index in [1.54, 1.807) is 30.3 Å². The fraction of sp³-hybridized carbons (Fsp3) is 0.0952. The maximum Gasteiger partial charge on any atom is 0.273 e. The Morgan fingerprint density at radius 2 is 2.00 bits per heavy atom. The molecule has 0 unspecified atom stereocenters. The molecule has 0 aliphatic carbocycles. The van der Waals surface area contributed by atoms with Gasteiger partial charge in [-0.05, 0) is 43.3 Å². The van der Waals surface area contributed by atoms with E-state index in [1.165, 1.54) is 29.0 Å². The molecule has 0 aliphatic heterocycles. The quantitative estimate of drug-likeness (QED) is 0.611. The summed E-state index contributed by atoms with van der Waals surface area (Å²) in [5.74, 6) is -0.261. The van der Waals surface area contributed by atoms with Gasteiger partial charge in [-0.15, -0.1) is 0 Å². The standard InChI is InChI=1S/C21H15BrN2O4/c1-2-28-19-6-4-3-5-17(19)24-12-14(9-13(11-23)21(24)27)20(26)16-10-15(22)7-8-18(16)25/h3-10,12,25H,2H2,1H3. The molecule has 0 spiro atoms. The van der Waals surface area contributed by atoms with Crippen LogP contribution in [0.2, 0.25) is 0 Å². The van der Waals surface area contributed by atoms with Crippen molar-refractivity contribution < 1.29 is 14.6 Å². The molecule has 0 aliphatic rings. The number of nitriles is 1. The van der Waals surface area contributed by atoms with Crippen molar-refractivity contribution in [3.63, 3.8) is 0 Å². The Bertz CT molecular complexity index is 1160. The Balaban J connectivity index is 2.23. The fourth-order valence-electron chi connectivity index (χ4n) is 2.74. The molecule has 140 valence electrons. The van der Waals surface area contributed by atoms with Gasteiger partial charge in [0.25, 0.3) is 5.56 Å². The van der Waals surface area contributed by atoms with Crippen molar-refractivity contribution in [2.75, 3.05) is 6.61 Å². The summed E-state index contributed by atoms with van der Waals surface area (Å²) in [6, 6.07) is 14.4. The van der Waals surface area contributed by atoms with Crippen molar-refractivity contribution >= 4 is 21.7 Å². The third-order valence-corrected chi connectivity index (χ3v) is 4.52. The van der Waals surface area contributed by atoms with E-state index in [-0.39, 0.29) is 22.4 Å². The number of carbonyl (C=O) groups is 1. The molecule has 0 saturated heterocycles. The Morgan fingerprint density at radius 1 is 1.25 bits per heavy atom. The normalized spacial score (nSPS) is 10.3. The highest BCUT2D eigenvalue weighted by Gasteiger charge is 2.19. The summed E-state index contributed by atoms with van der Waals surface area (Å²) in [4.78, 5) is 25.7. The number of rotatable bonds is 5. The average molecular weight is 439 g/mol. The predicted molar refractivity (Wildman–Crippen MR) is 107 cm³/mol. The molecule has 1 heterocycles. The fourth-order valence-corrected chi connectivity index (χ4v) is 3.11. The van der Waals surface area contributed by atoms with E-state index in [4.69, 9.17) is 4.74 Å². The number of ether oxygens (including phenoxy) is 1. The lowest BCUT2D eigenvalue weighted by Gasteiger charge is -2.14. The number of phenols is 1. The molecule has 0 fully saturated rings. The maximum absolute atomic E-state index is 13.0. The maximum atomic E-state index is 13.0. The number of benzene rings is 2. The van der Waals surface area contributed by atoms with Crippen LogP contribution < -0.4 is 10.3 Å². The topological polar surface area (TPSA) is 92.3 Å². The number of aromatic nitrogens is 1. The second kappa shape index (κ2) is 8.11. The number of para-hydroxylation sites is 2. The van der Waals surface area contributed by atoms with Gasteiger partial charge in [-0.3, -0.25) is 14.2 Å². The zero-order chi connectivity index (χ0) is 20.3. The minimum atomic E-state index is -0.565. The lowest BCUT2D eigenvalue weighted by Crippen LogP contribution is -2.23. The van der Waals surface area contributed by atoms with E-state index in [1.807, 2.05) is 13.0 Å². The van der Waals surface area contributed by atoms with Crippen LogP contribution in [0.3, 0.4) is 0 Å². The van der Waals surface area contributed by atoms with Crippen LogP contribution >= 0.6 is 15.9 Å². The van der Waals surface area contributed by atoms with Crippen molar-refractivity contribution in [3.05, 3.63) is 86.2 Å². The number of pyridine rings is 1. The number of nitrogens with zero attached hydrogens (tertiary/aromatic N) is 2. The van der Waals surface area contributed by atoms with E-state index >= 15 is 0 Å². The number of halogens is 1. The number of carbonyl (C=O) groups excluding carboxylic acids is 1. The second-order valence-corrected chi connectivity index (χ2v) is 6.74. The van der Waals surface area contributed by atoms with Gasteiger partial charge in [-0.1, -0.05) is 28.1 Å². The molecule has 2 aromatic carbocycles. The third-order valence-electron chi connectivity index (χ3n) is 4.03. The van der Waals surface area contributed by atoms with Crippen LogP contribution in [0.5, 0.6) is 11.5 Å². The summed E-state index contributed by atoms with van der Waals surface area (Å²) in [5.41, 5.74) is -0.187. The first-order valence-electron chi connectivity index (χ1n) is 8.38. The number of ketones is 1. The first-order valence-corrected chi connectivity index (χ1v) is 9.17. The molecule has 6 nitrogen and oxygen atoms in total. The summed E-state index contributed by atoms with van der Waals surface area (Å²) >= 11 is 3.27. The van der Waals surface area contributed by atoms with Crippen LogP contribution in [0, 0.1) is 11.3 Å². The SMILES string of the molecule is CCOc1ccccc1-n1cc(C(=O)c2cc(Br)ccc2O)cc(C#N)c1=O. The van der Waals surface area contributed by atoms with Gasteiger partial charge in [-0.25, -0.2) is 0 Å². The summed E-state index contributed by atoms with van der Waals surface area (Å²) in [7, 11) is 0. The van der Waals surface area contributed by atoms with Gasteiger partial charge < -0.3 is 9.84 Å². The molecule has 0 atom stereocenters. The highest BCUT2D eigenvalue weighted by molar-refractivity contribution is 9.10. The lowest BCUT2D eigenvalue weighted by atomic mass is 10.0. The van der Waals surface area contributed by atoms with E-state index in [2.05, 4.69) is 15.9 Å². The zero-order valence-corrected chi connectivity index (χ0v) is 16.4. The molecule has 0 amide bonds. The lowest BCUT2D eigenvalue weighted by molar-refractivity contribution is 0.103. The van der Waals surface area contributed by atoms with Gasteiger partial charge >= 0.3 is 0 Å². The number of hydrogen-bond acceptors (Lipinski definition) is 5. The molecule has 28 heavy (non-hydrogen) atoms. The Kier molecular flexibility index (Phi) is 5.62. The molecule has 0 saturated carbocycles. The highest BCUT2D eigenvalue weighted by Crippen LogP contribution is 2.26. The molecular formula is C21H15BrN2O4. The molecule has 3 rings (SSSR count). The molecule has 0 radical (unpaired) electrons. The van der Waals surface area contributed by atoms with Crippen molar-refractivity contribution in [1.82, 2.24) is 4.57 Å². The van der Waals surface area contributed by atoms with Gasteiger partial charge in [0.2, 0.25) is 0 Å². The van der Waals surface area contributed by atoms with Crippen LogP contribution in [-0.4, -0.2) is 22.1 Å². The van der Waals surface area contributed by atoms with Crippen molar-refractivity contribution in [2.45, 2.75) is 6.92 Å². The number of aromatic hydroxyl groups is 1. The zero-order valence-electron chi connectivity index (χ0n) is 14.8. The smallest absolute Gasteiger partial charge is 0.273 e. The summed E-state index contributed by atoms with van der Waals surface area (Å²) in [6.45, 7) is 2.21. The number of phenolic OH excluding ortho intramolecular Hbond substituents is 1. The van der Waals surface area contributed by atoms with Crippen LogP contribution in [-0.2, 0) is 0 Å². The molecule has 7 heteroatoms.